The van der Waals surface area contributed by atoms with Gasteiger partial charge in [0.2, 0.25) is 0 Å². The molecular weight excluding hydrogens is 376 g/mol. The molecule has 3 N–H and O–H groups in total. The maximum atomic E-state index is 12.3. The molecule has 0 bridgehead atoms. The second-order valence-corrected chi connectivity index (χ2v) is 8.29. The number of urea groups is 1. The fourth-order valence-electron chi connectivity index (χ4n) is 3.93. The number of quaternary nitrogens is 1. The molecule has 2 aromatic rings. The summed E-state index contributed by atoms with van der Waals surface area (Å²) in [5.41, 5.74) is 2.27. The number of fused-ring (bicyclic) bond motifs is 1. The van der Waals surface area contributed by atoms with Gasteiger partial charge in [0.05, 0.1) is 53.6 Å². The number of nitrogens with one attached hydrogen (secondary N) is 3. The molecule has 8 heteroatoms. The van der Waals surface area contributed by atoms with Gasteiger partial charge in [-0.3, -0.25) is 0 Å². The maximum absolute atomic E-state index is 12.3. The fraction of sp³-hybridized carbons (Fsp3) is 0.450. The Kier molecular flexibility index (Phi) is 5.59. The van der Waals surface area contributed by atoms with Gasteiger partial charge < -0.3 is 20.3 Å². The summed E-state index contributed by atoms with van der Waals surface area (Å²) in [6.45, 7) is 4.90. The van der Waals surface area contributed by atoms with Gasteiger partial charge in [-0.2, -0.15) is 0 Å². The van der Waals surface area contributed by atoms with E-state index in [0.717, 1.165) is 31.4 Å². The summed E-state index contributed by atoms with van der Waals surface area (Å²) in [6, 6.07) is 7.98. The normalized spacial score (nSPS) is 22.7. The van der Waals surface area contributed by atoms with Crippen LogP contribution in [0.4, 0.5) is 4.79 Å². The number of piperidine rings is 1. The number of benzene rings is 1. The third kappa shape index (κ3) is 4.02. The number of para-hydroxylation sites is 1. The van der Waals surface area contributed by atoms with E-state index in [1.54, 1.807) is 18.3 Å². The third-order valence-electron chi connectivity index (χ3n) is 5.28. The van der Waals surface area contributed by atoms with Gasteiger partial charge in [-0.25, -0.2) is 14.6 Å². The topological polar surface area (TPSA) is 84.8 Å². The first-order valence-corrected chi connectivity index (χ1v) is 10.6. The van der Waals surface area contributed by atoms with E-state index in [0.29, 0.717) is 30.3 Å². The first-order valence-electron chi connectivity index (χ1n) is 9.77. The monoisotopic (exact) mass is 401 g/mol. The second-order valence-electron chi connectivity index (χ2n) is 7.23. The van der Waals surface area contributed by atoms with Gasteiger partial charge in [-0.1, -0.05) is 12.1 Å². The highest BCUT2D eigenvalue weighted by molar-refractivity contribution is 7.18. The van der Waals surface area contributed by atoms with E-state index in [4.69, 9.17) is 9.72 Å². The van der Waals surface area contributed by atoms with E-state index in [1.165, 1.54) is 14.6 Å². The van der Waals surface area contributed by atoms with Crippen LogP contribution in [-0.4, -0.2) is 49.8 Å². The highest BCUT2D eigenvalue weighted by atomic mass is 32.1. The zero-order valence-corrected chi connectivity index (χ0v) is 16.7. The number of nitrogens with zero attached hydrogens (tertiary/aromatic N) is 1. The Balaban J connectivity index is 1.50. The summed E-state index contributed by atoms with van der Waals surface area (Å²) >= 11 is 1.77. The molecule has 7 nitrogen and oxygen atoms in total. The predicted octanol–water partition coefficient (Wildman–Crippen LogP) is 1.19. The third-order valence-corrected chi connectivity index (χ3v) is 6.48. The number of carbonyl (C=O) groups excluding carboxylic acids is 2. The minimum Gasteiger partial charge on any atom is -0.463 e. The van der Waals surface area contributed by atoms with Gasteiger partial charge in [0, 0.05) is 0 Å². The van der Waals surface area contributed by atoms with Gasteiger partial charge in [0.1, 0.15) is 11.6 Å². The van der Waals surface area contributed by atoms with Crippen LogP contribution in [0.5, 0.6) is 0 Å². The highest BCUT2D eigenvalue weighted by Crippen LogP contribution is 2.30. The Morgan fingerprint density at radius 1 is 1.39 bits per heavy atom. The van der Waals surface area contributed by atoms with Gasteiger partial charge >= 0.3 is 12.0 Å². The number of carbonyl (C=O) groups is 2. The Hall–Kier alpha value is -2.45. The van der Waals surface area contributed by atoms with Crippen molar-refractivity contribution in [1.29, 1.82) is 0 Å². The molecule has 1 saturated heterocycles. The molecular formula is C20H25N4O3S+. The Morgan fingerprint density at radius 2 is 2.25 bits per heavy atom. The number of thiazole rings is 1. The van der Waals surface area contributed by atoms with Crippen molar-refractivity contribution >= 4 is 33.6 Å². The number of esters is 1. The van der Waals surface area contributed by atoms with Gasteiger partial charge in [0.15, 0.2) is 0 Å². The Labute approximate surface area is 167 Å². The average molecular weight is 402 g/mol. The number of aromatic nitrogens is 1. The summed E-state index contributed by atoms with van der Waals surface area (Å²) in [6.07, 6.45) is 2.23. The minimum atomic E-state index is -0.357. The molecule has 2 atom stereocenters. The summed E-state index contributed by atoms with van der Waals surface area (Å²) in [4.78, 5) is 30.2. The van der Waals surface area contributed by atoms with Crippen LogP contribution in [0.25, 0.3) is 10.2 Å². The van der Waals surface area contributed by atoms with Crippen molar-refractivity contribution in [3.05, 3.63) is 40.5 Å². The molecule has 0 spiro atoms. The number of ether oxygens (including phenoxy) is 1. The fourth-order valence-corrected chi connectivity index (χ4v) is 5.04. The average Bonchev–Trinajstić information content (AvgIpc) is 3.13. The molecule has 0 radical (unpaired) electrons. The number of likely N-dealkylation sites (tertiary alicyclic amines) is 1. The number of hydrogen-bond donors (Lipinski definition) is 3. The van der Waals surface area contributed by atoms with Crippen molar-refractivity contribution in [3.8, 4) is 0 Å². The van der Waals surface area contributed by atoms with E-state index < -0.39 is 0 Å². The van der Waals surface area contributed by atoms with Crippen LogP contribution in [-0.2, 0) is 9.53 Å². The number of rotatable bonds is 5. The van der Waals surface area contributed by atoms with Crippen LogP contribution in [0, 0.1) is 0 Å². The van der Waals surface area contributed by atoms with Crippen LogP contribution in [0.15, 0.2) is 35.5 Å². The van der Waals surface area contributed by atoms with Crippen LogP contribution >= 0.6 is 11.3 Å². The summed E-state index contributed by atoms with van der Waals surface area (Å²) in [5, 5.41) is 6.67. The summed E-state index contributed by atoms with van der Waals surface area (Å²) < 4.78 is 6.38. The molecule has 2 aliphatic rings. The molecule has 0 saturated carbocycles. The molecule has 1 unspecified atom stereocenters. The van der Waals surface area contributed by atoms with Crippen molar-refractivity contribution in [2.24, 2.45) is 0 Å². The lowest BCUT2D eigenvalue weighted by Gasteiger charge is -2.31. The van der Waals surface area contributed by atoms with Gasteiger partial charge in [-0.15, -0.1) is 11.3 Å². The molecule has 4 rings (SSSR count). The summed E-state index contributed by atoms with van der Waals surface area (Å²) in [7, 11) is 0. The Bertz CT molecular complexity index is 890. The zero-order valence-electron chi connectivity index (χ0n) is 15.9. The van der Waals surface area contributed by atoms with Crippen LogP contribution in [0.2, 0.25) is 0 Å². The maximum Gasteiger partial charge on any atom is 0.337 e. The second kappa shape index (κ2) is 8.28. The molecule has 1 aromatic heterocycles. The van der Waals surface area contributed by atoms with Crippen molar-refractivity contribution in [1.82, 2.24) is 15.6 Å². The molecule has 1 aromatic carbocycles. The quantitative estimate of drug-likeness (QED) is 0.657. The predicted molar refractivity (Wildman–Crippen MR) is 107 cm³/mol. The van der Waals surface area contributed by atoms with Crippen molar-refractivity contribution in [2.75, 3.05) is 32.8 Å². The Morgan fingerprint density at radius 3 is 3.07 bits per heavy atom. The molecule has 2 aliphatic heterocycles. The van der Waals surface area contributed by atoms with E-state index >= 15 is 0 Å². The first kappa shape index (κ1) is 18.9. The lowest BCUT2D eigenvalue weighted by molar-refractivity contribution is -0.901. The summed E-state index contributed by atoms with van der Waals surface area (Å²) in [5.74, 6) is 0.0503. The molecule has 1 fully saturated rings. The van der Waals surface area contributed by atoms with Crippen LogP contribution in [0.1, 0.15) is 30.7 Å². The smallest absolute Gasteiger partial charge is 0.337 e. The zero-order chi connectivity index (χ0) is 19.5. The standard InChI is InChI=1S/C20H24N4O3S/c1-2-27-19(25)14-10-21-20(26)23-16(14)12-24-9-5-6-13(11-24)18-22-15-7-3-4-8-17(15)28-18/h3-4,7-8,13H,2,5-6,9-12H2,1H3,(H2,21,23,26)/p+1/t13-/m0/s1. The minimum absolute atomic E-state index is 0.217. The van der Waals surface area contributed by atoms with Crippen LogP contribution < -0.4 is 15.5 Å². The molecule has 0 aliphatic carbocycles. The van der Waals surface area contributed by atoms with Gasteiger partial charge in [-0.05, 0) is 31.9 Å². The molecule has 2 amide bonds. The number of amides is 2. The van der Waals surface area contributed by atoms with E-state index in [2.05, 4.69) is 22.8 Å². The van der Waals surface area contributed by atoms with Crippen molar-refractivity contribution in [3.63, 3.8) is 0 Å². The number of hydrogen-bond acceptors (Lipinski definition) is 5. The lowest BCUT2D eigenvalue weighted by Crippen LogP contribution is -3.13. The lowest BCUT2D eigenvalue weighted by atomic mass is 9.98. The highest BCUT2D eigenvalue weighted by Gasteiger charge is 2.31. The van der Waals surface area contributed by atoms with Crippen LogP contribution in [0.3, 0.4) is 0 Å². The molecule has 28 heavy (non-hydrogen) atoms. The largest absolute Gasteiger partial charge is 0.463 e. The first-order chi connectivity index (χ1) is 13.6. The molecule has 3 heterocycles. The van der Waals surface area contributed by atoms with Crippen molar-refractivity contribution in [2.45, 2.75) is 25.7 Å². The van der Waals surface area contributed by atoms with Crippen molar-refractivity contribution < 1.29 is 19.2 Å². The molecule has 148 valence electrons. The van der Waals surface area contributed by atoms with E-state index in [9.17, 15) is 9.59 Å². The SMILES string of the molecule is CCOC(=O)C1=C(C[NH+]2CCC[C@H](c3nc4ccccc4s3)C2)NC(=O)NC1. The van der Waals surface area contributed by atoms with Gasteiger partial charge in [0.25, 0.3) is 0 Å². The van der Waals surface area contributed by atoms with E-state index in [1.807, 2.05) is 12.1 Å². The van der Waals surface area contributed by atoms with E-state index in [-0.39, 0.29) is 18.5 Å².